The molecule has 1 unspecified atom stereocenters. The fourth-order valence-electron chi connectivity index (χ4n) is 1.70. The molecular formula is C12H22N4O. The Bertz CT molecular complexity index is 409. The molecule has 1 aromatic heterocycles. The van der Waals surface area contributed by atoms with Crippen molar-refractivity contribution in [3.63, 3.8) is 0 Å². The van der Waals surface area contributed by atoms with E-state index in [1.54, 1.807) is 0 Å². The molecule has 1 atom stereocenters. The number of nitrogens with two attached hydrogens (primary N) is 1. The average molecular weight is 238 g/mol. The van der Waals surface area contributed by atoms with Gasteiger partial charge in [0, 0.05) is 18.5 Å². The standard InChI is InChI=1S/C12H22N4O/c1-7(2)16-10(5)11(9(4)15-16)14-12(17)8(3)6-13/h7-8H,6,13H2,1-5H3,(H,14,17). The lowest BCUT2D eigenvalue weighted by atomic mass is 10.1. The van der Waals surface area contributed by atoms with E-state index in [2.05, 4.69) is 24.3 Å². The second-order valence-electron chi connectivity index (χ2n) is 4.71. The molecule has 0 bridgehead atoms. The lowest BCUT2D eigenvalue weighted by Gasteiger charge is -2.11. The van der Waals surface area contributed by atoms with Crippen LogP contribution < -0.4 is 11.1 Å². The summed E-state index contributed by atoms with van der Waals surface area (Å²) >= 11 is 0. The van der Waals surface area contributed by atoms with Crippen LogP contribution in [0.4, 0.5) is 5.69 Å². The lowest BCUT2D eigenvalue weighted by Crippen LogP contribution is -2.27. The number of nitrogens with zero attached hydrogens (tertiary/aromatic N) is 2. The number of rotatable bonds is 4. The fraction of sp³-hybridized carbons (Fsp3) is 0.667. The van der Waals surface area contributed by atoms with Crippen molar-refractivity contribution in [2.24, 2.45) is 11.7 Å². The predicted octanol–water partition coefficient (Wildman–Crippen LogP) is 1.61. The Labute approximate surface area is 102 Å². The van der Waals surface area contributed by atoms with E-state index >= 15 is 0 Å². The van der Waals surface area contributed by atoms with E-state index in [4.69, 9.17) is 5.73 Å². The summed E-state index contributed by atoms with van der Waals surface area (Å²) in [5.41, 5.74) is 8.11. The summed E-state index contributed by atoms with van der Waals surface area (Å²) in [6, 6.07) is 0.284. The number of carbonyl (C=O) groups excluding carboxylic acids is 1. The van der Waals surface area contributed by atoms with Crippen LogP contribution in [-0.4, -0.2) is 22.2 Å². The molecule has 17 heavy (non-hydrogen) atoms. The molecule has 0 aromatic carbocycles. The second kappa shape index (κ2) is 5.31. The van der Waals surface area contributed by atoms with Crippen molar-refractivity contribution in [3.8, 4) is 0 Å². The number of hydrogen-bond donors (Lipinski definition) is 2. The van der Waals surface area contributed by atoms with E-state index in [1.165, 1.54) is 0 Å². The molecule has 5 nitrogen and oxygen atoms in total. The molecule has 0 saturated carbocycles. The monoisotopic (exact) mass is 238 g/mol. The molecule has 0 aliphatic heterocycles. The number of anilines is 1. The van der Waals surface area contributed by atoms with Crippen molar-refractivity contribution < 1.29 is 4.79 Å². The summed E-state index contributed by atoms with van der Waals surface area (Å²) in [7, 11) is 0. The van der Waals surface area contributed by atoms with Crippen molar-refractivity contribution in [1.29, 1.82) is 0 Å². The van der Waals surface area contributed by atoms with E-state index in [0.29, 0.717) is 6.54 Å². The summed E-state index contributed by atoms with van der Waals surface area (Å²) in [5.74, 6) is -0.238. The van der Waals surface area contributed by atoms with E-state index in [0.717, 1.165) is 17.1 Å². The van der Waals surface area contributed by atoms with Crippen molar-refractivity contribution >= 4 is 11.6 Å². The van der Waals surface area contributed by atoms with Gasteiger partial charge in [0.15, 0.2) is 0 Å². The van der Waals surface area contributed by atoms with Gasteiger partial charge in [0.1, 0.15) is 0 Å². The van der Waals surface area contributed by atoms with E-state index < -0.39 is 0 Å². The number of nitrogens with one attached hydrogen (secondary N) is 1. The van der Waals surface area contributed by atoms with Gasteiger partial charge in [0.25, 0.3) is 0 Å². The van der Waals surface area contributed by atoms with Gasteiger partial charge in [-0.15, -0.1) is 0 Å². The van der Waals surface area contributed by atoms with Gasteiger partial charge in [-0.1, -0.05) is 6.92 Å². The van der Waals surface area contributed by atoms with Gasteiger partial charge < -0.3 is 11.1 Å². The van der Waals surface area contributed by atoms with Crippen LogP contribution in [0.3, 0.4) is 0 Å². The van der Waals surface area contributed by atoms with Crippen molar-refractivity contribution in [1.82, 2.24) is 9.78 Å². The van der Waals surface area contributed by atoms with Gasteiger partial charge in [-0.2, -0.15) is 5.10 Å². The smallest absolute Gasteiger partial charge is 0.228 e. The maximum Gasteiger partial charge on any atom is 0.228 e. The number of hydrogen-bond acceptors (Lipinski definition) is 3. The van der Waals surface area contributed by atoms with Crippen LogP contribution in [0.15, 0.2) is 0 Å². The fourth-order valence-corrected chi connectivity index (χ4v) is 1.70. The first-order chi connectivity index (χ1) is 7.88. The van der Waals surface area contributed by atoms with Crippen LogP contribution in [0.1, 0.15) is 38.2 Å². The quantitative estimate of drug-likeness (QED) is 0.837. The summed E-state index contributed by atoms with van der Waals surface area (Å²) in [4.78, 5) is 11.8. The third-order valence-electron chi connectivity index (χ3n) is 2.86. The van der Waals surface area contributed by atoms with Crippen molar-refractivity contribution in [2.45, 2.75) is 40.7 Å². The Morgan fingerprint density at radius 3 is 2.41 bits per heavy atom. The minimum absolute atomic E-state index is 0.0537. The normalized spacial score (nSPS) is 12.9. The Balaban J connectivity index is 2.96. The van der Waals surface area contributed by atoms with Crippen molar-refractivity contribution in [2.75, 3.05) is 11.9 Å². The van der Waals surface area contributed by atoms with Gasteiger partial charge in [-0.05, 0) is 27.7 Å². The zero-order chi connectivity index (χ0) is 13.2. The highest BCUT2D eigenvalue weighted by atomic mass is 16.1. The molecule has 1 rings (SSSR count). The minimum Gasteiger partial charge on any atom is -0.330 e. The summed E-state index contributed by atoms with van der Waals surface area (Å²) < 4.78 is 1.91. The van der Waals surface area contributed by atoms with Gasteiger partial charge in [-0.25, -0.2) is 0 Å². The van der Waals surface area contributed by atoms with Gasteiger partial charge in [0.2, 0.25) is 5.91 Å². The molecule has 0 spiro atoms. The minimum atomic E-state index is -0.184. The first-order valence-corrected chi connectivity index (χ1v) is 5.95. The zero-order valence-electron chi connectivity index (χ0n) is 11.2. The van der Waals surface area contributed by atoms with E-state index in [9.17, 15) is 4.79 Å². The van der Waals surface area contributed by atoms with Gasteiger partial charge >= 0.3 is 0 Å². The van der Waals surface area contributed by atoms with Crippen LogP contribution in [0, 0.1) is 19.8 Å². The number of amides is 1. The maximum absolute atomic E-state index is 11.8. The molecule has 0 aliphatic carbocycles. The third-order valence-corrected chi connectivity index (χ3v) is 2.86. The van der Waals surface area contributed by atoms with E-state index in [1.807, 2.05) is 25.5 Å². The number of aromatic nitrogens is 2. The highest BCUT2D eigenvalue weighted by molar-refractivity contribution is 5.93. The SMILES string of the molecule is Cc1nn(C(C)C)c(C)c1NC(=O)C(C)CN. The second-order valence-corrected chi connectivity index (χ2v) is 4.71. The average Bonchev–Trinajstić information content (AvgIpc) is 2.55. The molecule has 1 heterocycles. The van der Waals surface area contributed by atoms with E-state index in [-0.39, 0.29) is 17.9 Å². The van der Waals surface area contributed by atoms with Crippen molar-refractivity contribution in [3.05, 3.63) is 11.4 Å². The highest BCUT2D eigenvalue weighted by Crippen LogP contribution is 2.22. The van der Waals surface area contributed by atoms with Gasteiger partial charge in [0.05, 0.1) is 17.1 Å². The lowest BCUT2D eigenvalue weighted by molar-refractivity contribution is -0.119. The Hall–Kier alpha value is -1.36. The number of aryl methyl sites for hydroxylation is 1. The van der Waals surface area contributed by atoms with Gasteiger partial charge in [-0.3, -0.25) is 9.48 Å². The highest BCUT2D eigenvalue weighted by Gasteiger charge is 2.18. The topological polar surface area (TPSA) is 72.9 Å². The largest absolute Gasteiger partial charge is 0.330 e. The van der Waals surface area contributed by atoms with Crippen LogP contribution in [0.2, 0.25) is 0 Å². The predicted molar refractivity (Wildman–Crippen MR) is 68.9 cm³/mol. The first kappa shape index (κ1) is 13.7. The molecule has 0 radical (unpaired) electrons. The maximum atomic E-state index is 11.8. The van der Waals surface area contributed by atoms with Crippen LogP contribution >= 0.6 is 0 Å². The van der Waals surface area contributed by atoms with Crippen LogP contribution in [0.25, 0.3) is 0 Å². The molecule has 1 aromatic rings. The van der Waals surface area contributed by atoms with Crippen LogP contribution in [-0.2, 0) is 4.79 Å². The first-order valence-electron chi connectivity index (χ1n) is 5.95. The molecule has 3 N–H and O–H groups in total. The third kappa shape index (κ3) is 2.85. The molecule has 96 valence electrons. The molecular weight excluding hydrogens is 216 g/mol. The Morgan fingerprint density at radius 1 is 1.41 bits per heavy atom. The molecule has 0 saturated heterocycles. The molecule has 5 heteroatoms. The number of carbonyl (C=O) groups is 1. The molecule has 0 aliphatic rings. The summed E-state index contributed by atoms with van der Waals surface area (Å²) in [5, 5.41) is 7.32. The molecule has 0 fully saturated rings. The summed E-state index contributed by atoms with van der Waals surface area (Å²) in [6.45, 7) is 10.1. The summed E-state index contributed by atoms with van der Waals surface area (Å²) in [6.07, 6.45) is 0. The Morgan fingerprint density at radius 2 is 2.00 bits per heavy atom. The van der Waals surface area contributed by atoms with Crippen LogP contribution in [0.5, 0.6) is 0 Å². The Kier molecular flexibility index (Phi) is 4.28. The zero-order valence-corrected chi connectivity index (χ0v) is 11.2. The molecule has 1 amide bonds.